The minimum Gasteiger partial charge on any atom is -0.494 e. The van der Waals surface area contributed by atoms with E-state index in [0.29, 0.717) is 17.7 Å². The number of halogens is 1. The topological polar surface area (TPSA) is 21.3 Å². The quantitative estimate of drug-likeness (QED) is 0.849. The van der Waals surface area contributed by atoms with Crippen molar-refractivity contribution in [3.8, 4) is 5.75 Å². The lowest BCUT2D eigenvalue weighted by atomic mass is 9.94. The Labute approximate surface area is 115 Å². The van der Waals surface area contributed by atoms with Gasteiger partial charge in [0, 0.05) is 6.04 Å². The number of rotatable bonds is 6. The maximum absolute atomic E-state index is 13.7. The van der Waals surface area contributed by atoms with E-state index in [1.54, 1.807) is 12.1 Å². The third-order valence-electron chi connectivity index (χ3n) is 4.03. The predicted octanol–water partition coefficient (Wildman–Crippen LogP) is 3.55. The summed E-state index contributed by atoms with van der Waals surface area (Å²) in [6.45, 7) is 3.27. The van der Waals surface area contributed by atoms with Crippen LogP contribution in [-0.4, -0.2) is 19.7 Å². The van der Waals surface area contributed by atoms with Gasteiger partial charge >= 0.3 is 0 Å². The lowest BCUT2D eigenvalue weighted by Crippen LogP contribution is -2.33. The van der Waals surface area contributed by atoms with Crippen LogP contribution in [0.25, 0.3) is 0 Å². The fourth-order valence-corrected chi connectivity index (χ4v) is 3.02. The first-order valence-corrected chi connectivity index (χ1v) is 7.30. The average molecular weight is 265 g/mol. The summed E-state index contributed by atoms with van der Waals surface area (Å²) in [6, 6.07) is 5.93. The molecule has 0 saturated heterocycles. The van der Waals surface area contributed by atoms with Crippen molar-refractivity contribution in [2.24, 2.45) is 5.92 Å². The molecule has 2 rings (SSSR count). The minimum absolute atomic E-state index is 0.254. The van der Waals surface area contributed by atoms with Gasteiger partial charge in [-0.15, -0.1) is 0 Å². The van der Waals surface area contributed by atoms with E-state index in [0.717, 1.165) is 18.5 Å². The lowest BCUT2D eigenvalue weighted by Gasteiger charge is -2.21. The highest BCUT2D eigenvalue weighted by atomic mass is 19.1. The molecule has 19 heavy (non-hydrogen) atoms. The van der Waals surface area contributed by atoms with Crippen LogP contribution < -0.4 is 10.1 Å². The molecule has 1 N–H and O–H groups in total. The second-order valence-corrected chi connectivity index (χ2v) is 5.42. The van der Waals surface area contributed by atoms with Crippen molar-refractivity contribution in [1.29, 1.82) is 0 Å². The molecule has 1 saturated carbocycles. The number of methoxy groups -OCH3 is 1. The highest BCUT2D eigenvalue weighted by Gasteiger charge is 2.26. The Bertz CT molecular complexity index is 408. The second kappa shape index (κ2) is 6.90. The molecule has 2 atom stereocenters. The van der Waals surface area contributed by atoms with Crippen LogP contribution >= 0.6 is 0 Å². The first kappa shape index (κ1) is 14.3. The molecule has 0 aromatic heterocycles. The van der Waals surface area contributed by atoms with E-state index in [1.165, 1.54) is 32.8 Å². The van der Waals surface area contributed by atoms with Gasteiger partial charge in [-0.3, -0.25) is 0 Å². The molecule has 0 amide bonds. The third kappa shape index (κ3) is 3.69. The van der Waals surface area contributed by atoms with Gasteiger partial charge in [-0.05, 0) is 55.8 Å². The average Bonchev–Trinajstić information content (AvgIpc) is 2.84. The van der Waals surface area contributed by atoms with Crippen molar-refractivity contribution in [3.63, 3.8) is 0 Å². The van der Waals surface area contributed by atoms with Crippen LogP contribution in [0.5, 0.6) is 5.75 Å². The molecular weight excluding hydrogens is 241 g/mol. The van der Waals surface area contributed by atoms with Crippen LogP contribution in [0.2, 0.25) is 0 Å². The summed E-state index contributed by atoms with van der Waals surface area (Å²) < 4.78 is 18.6. The van der Waals surface area contributed by atoms with Crippen LogP contribution in [0, 0.1) is 11.7 Å². The Hall–Kier alpha value is -1.09. The summed E-state index contributed by atoms with van der Waals surface area (Å²) >= 11 is 0. The SMILES string of the molecule is CCCNC1CCCC1Cc1ccc(OC)c(F)c1. The standard InChI is InChI=1S/C16H24FNO/c1-3-9-18-15-6-4-5-13(15)10-12-7-8-16(19-2)14(17)11-12/h7-8,11,13,15,18H,3-6,9-10H2,1-2H3. The van der Waals surface area contributed by atoms with Crippen LogP contribution in [0.15, 0.2) is 18.2 Å². The summed E-state index contributed by atoms with van der Waals surface area (Å²) in [6.07, 6.45) is 5.91. The molecule has 1 aromatic carbocycles. The summed E-state index contributed by atoms with van der Waals surface area (Å²) in [4.78, 5) is 0. The third-order valence-corrected chi connectivity index (χ3v) is 4.03. The van der Waals surface area contributed by atoms with Crippen LogP contribution in [0.1, 0.15) is 38.2 Å². The van der Waals surface area contributed by atoms with Crippen LogP contribution in [0.3, 0.4) is 0 Å². The van der Waals surface area contributed by atoms with E-state index >= 15 is 0 Å². The van der Waals surface area contributed by atoms with Gasteiger partial charge in [0.05, 0.1) is 7.11 Å². The minimum atomic E-state index is -0.254. The van der Waals surface area contributed by atoms with E-state index in [2.05, 4.69) is 12.2 Å². The van der Waals surface area contributed by atoms with Crippen molar-refractivity contribution >= 4 is 0 Å². The first-order valence-electron chi connectivity index (χ1n) is 7.30. The molecule has 106 valence electrons. The summed E-state index contributed by atoms with van der Waals surface area (Å²) in [5.41, 5.74) is 1.08. The van der Waals surface area contributed by atoms with E-state index in [9.17, 15) is 4.39 Å². The number of nitrogens with one attached hydrogen (secondary N) is 1. The van der Waals surface area contributed by atoms with E-state index < -0.39 is 0 Å². The molecule has 0 radical (unpaired) electrons. The molecule has 0 aliphatic heterocycles. The Morgan fingerprint density at radius 3 is 2.89 bits per heavy atom. The van der Waals surface area contributed by atoms with Gasteiger partial charge in [-0.25, -0.2) is 4.39 Å². The molecule has 0 bridgehead atoms. The van der Waals surface area contributed by atoms with Crippen LogP contribution in [0.4, 0.5) is 4.39 Å². The lowest BCUT2D eigenvalue weighted by molar-refractivity contribution is 0.383. The summed E-state index contributed by atoms with van der Waals surface area (Å²) in [7, 11) is 1.50. The molecule has 1 aromatic rings. The van der Waals surface area contributed by atoms with Gasteiger partial charge in [0.15, 0.2) is 11.6 Å². The molecule has 1 fully saturated rings. The molecule has 1 aliphatic carbocycles. The van der Waals surface area contributed by atoms with E-state index in [4.69, 9.17) is 4.74 Å². The first-order chi connectivity index (χ1) is 9.24. The highest BCUT2D eigenvalue weighted by Crippen LogP contribution is 2.30. The van der Waals surface area contributed by atoms with Gasteiger partial charge < -0.3 is 10.1 Å². The van der Waals surface area contributed by atoms with Gasteiger partial charge in [-0.1, -0.05) is 19.4 Å². The summed E-state index contributed by atoms with van der Waals surface area (Å²) in [5, 5.41) is 3.62. The Morgan fingerprint density at radius 1 is 1.37 bits per heavy atom. The predicted molar refractivity (Wildman–Crippen MR) is 76.1 cm³/mol. The number of hydrogen-bond donors (Lipinski definition) is 1. The van der Waals surface area contributed by atoms with Crippen molar-refractivity contribution < 1.29 is 9.13 Å². The molecule has 0 spiro atoms. The molecule has 3 heteroatoms. The molecule has 0 heterocycles. The molecule has 2 nitrogen and oxygen atoms in total. The monoisotopic (exact) mass is 265 g/mol. The molecule has 1 aliphatic rings. The normalized spacial score (nSPS) is 22.7. The van der Waals surface area contributed by atoms with Gasteiger partial charge in [0.25, 0.3) is 0 Å². The molecular formula is C16H24FNO. The van der Waals surface area contributed by atoms with E-state index in [1.807, 2.05) is 6.07 Å². The van der Waals surface area contributed by atoms with Crippen molar-refractivity contribution in [1.82, 2.24) is 5.32 Å². The zero-order valence-corrected chi connectivity index (χ0v) is 11.9. The maximum Gasteiger partial charge on any atom is 0.165 e. The summed E-state index contributed by atoms with van der Waals surface area (Å²) in [5.74, 6) is 0.714. The van der Waals surface area contributed by atoms with Crippen LogP contribution in [-0.2, 0) is 6.42 Å². The highest BCUT2D eigenvalue weighted by molar-refractivity contribution is 5.29. The van der Waals surface area contributed by atoms with Gasteiger partial charge in [-0.2, -0.15) is 0 Å². The fourth-order valence-electron chi connectivity index (χ4n) is 3.02. The van der Waals surface area contributed by atoms with E-state index in [-0.39, 0.29) is 5.82 Å². The Kier molecular flexibility index (Phi) is 5.20. The smallest absolute Gasteiger partial charge is 0.165 e. The van der Waals surface area contributed by atoms with Crippen molar-refractivity contribution in [2.45, 2.75) is 45.1 Å². The van der Waals surface area contributed by atoms with Crippen molar-refractivity contribution in [2.75, 3.05) is 13.7 Å². The number of benzene rings is 1. The molecule has 2 unspecified atom stereocenters. The fraction of sp³-hybridized carbons (Fsp3) is 0.625. The maximum atomic E-state index is 13.7. The number of ether oxygens (including phenoxy) is 1. The Morgan fingerprint density at radius 2 is 2.21 bits per heavy atom. The van der Waals surface area contributed by atoms with Gasteiger partial charge in [0.2, 0.25) is 0 Å². The zero-order chi connectivity index (χ0) is 13.7. The largest absolute Gasteiger partial charge is 0.494 e. The Balaban J connectivity index is 1.97. The second-order valence-electron chi connectivity index (χ2n) is 5.42. The van der Waals surface area contributed by atoms with Crippen molar-refractivity contribution in [3.05, 3.63) is 29.6 Å². The van der Waals surface area contributed by atoms with Gasteiger partial charge in [0.1, 0.15) is 0 Å². The zero-order valence-electron chi connectivity index (χ0n) is 11.9. The number of hydrogen-bond acceptors (Lipinski definition) is 2.